The average Bonchev–Trinajstić information content (AvgIpc) is 2.87. The second-order valence-electron chi connectivity index (χ2n) is 3.71. The molecule has 0 fully saturated rings. The Balaban J connectivity index is 1.99. The third-order valence-electron chi connectivity index (χ3n) is 2.27. The molecule has 1 aromatic carbocycles. The lowest BCUT2D eigenvalue weighted by Gasteiger charge is -2.12. The van der Waals surface area contributed by atoms with Crippen LogP contribution in [0.4, 0.5) is 10.5 Å². The minimum Gasteiger partial charge on any atom is -0.328 e. The summed E-state index contributed by atoms with van der Waals surface area (Å²) in [4.78, 5) is 11.8. The molecule has 2 amide bonds. The summed E-state index contributed by atoms with van der Waals surface area (Å²) in [6, 6.07) is 3.96. The molecule has 1 heterocycles. The molecule has 0 aliphatic heterocycles. The highest BCUT2D eigenvalue weighted by Crippen LogP contribution is 2.25. The Bertz CT molecular complexity index is 573. The summed E-state index contributed by atoms with van der Waals surface area (Å²) in [5, 5.41) is 19.4. The molecule has 2 rings (SSSR count). The Hall–Kier alpha value is -1.86. The Kier molecular flexibility index (Phi) is 4.18. The highest BCUT2D eigenvalue weighted by Gasteiger charge is 2.14. The number of halogens is 2. The van der Waals surface area contributed by atoms with E-state index in [4.69, 9.17) is 23.2 Å². The molecule has 9 heteroatoms. The first-order valence-corrected chi connectivity index (χ1v) is 6.08. The fourth-order valence-corrected chi connectivity index (χ4v) is 1.70. The number of aromatic amines is 1. The fraction of sp³-hybridized carbons (Fsp3) is 0.200. The maximum Gasteiger partial charge on any atom is 0.319 e. The molecule has 0 spiro atoms. The van der Waals surface area contributed by atoms with E-state index in [9.17, 15) is 4.79 Å². The van der Waals surface area contributed by atoms with Crippen LogP contribution in [0.5, 0.6) is 0 Å². The Morgan fingerprint density at radius 3 is 2.89 bits per heavy atom. The van der Waals surface area contributed by atoms with Gasteiger partial charge in [0.1, 0.15) is 0 Å². The Morgan fingerprint density at radius 2 is 2.21 bits per heavy atom. The van der Waals surface area contributed by atoms with Gasteiger partial charge in [-0.1, -0.05) is 28.4 Å². The summed E-state index contributed by atoms with van der Waals surface area (Å²) in [6.07, 6.45) is 0. The van der Waals surface area contributed by atoms with Crippen molar-refractivity contribution in [1.82, 2.24) is 25.9 Å². The zero-order valence-corrected chi connectivity index (χ0v) is 11.3. The first-order chi connectivity index (χ1) is 9.06. The normalized spacial score (nSPS) is 11.9. The van der Waals surface area contributed by atoms with Crippen LogP contribution >= 0.6 is 23.2 Å². The van der Waals surface area contributed by atoms with Gasteiger partial charge in [0.15, 0.2) is 5.82 Å². The summed E-state index contributed by atoms with van der Waals surface area (Å²) in [7, 11) is 0. The molecule has 1 unspecified atom stereocenters. The van der Waals surface area contributed by atoms with Crippen molar-refractivity contribution in [3.63, 3.8) is 0 Å². The van der Waals surface area contributed by atoms with Crippen LogP contribution in [0.3, 0.4) is 0 Å². The van der Waals surface area contributed by atoms with E-state index in [-0.39, 0.29) is 0 Å². The number of anilines is 1. The minimum atomic E-state index is -0.443. The predicted octanol–water partition coefficient (Wildman–Crippen LogP) is 2.39. The first-order valence-electron chi connectivity index (χ1n) is 5.32. The van der Waals surface area contributed by atoms with Crippen molar-refractivity contribution in [2.75, 3.05) is 5.32 Å². The lowest BCUT2D eigenvalue weighted by atomic mass is 10.3. The van der Waals surface area contributed by atoms with Crippen LogP contribution in [0, 0.1) is 0 Å². The Morgan fingerprint density at radius 1 is 1.42 bits per heavy atom. The summed E-state index contributed by atoms with van der Waals surface area (Å²) in [5.74, 6) is 0.382. The summed E-state index contributed by atoms with van der Waals surface area (Å²) < 4.78 is 0. The van der Waals surface area contributed by atoms with E-state index in [1.165, 1.54) is 0 Å². The molecule has 100 valence electrons. The molecule has 0 saturated carbocycles. The number of hydrogen-bond acceptors (Lipinski definition) is 4. The van der Waals surface area contributed by atoms with Gasteiger partial charge in [0.25, 0.3) is 0 Å². The number of nitrogens with zero attached hydrogens (tertiary/aromatic N) is 3. The lowest BCUT2D eigenvalue weighted by molar-refractivity contribution is 0.249. The third-order valence-corrected chi connectivity index (χ3v) is 2.84. The van der Waals surface area contributed by atoms with Gasteiger partial charge in [-0.25, -0.2) is 4.79 Å². The van der Waals surface area contributed by atoms with E-state index in [0.717, 1.165) is 0 Å². The molecule has 1 aromatic heterocycles. The van der Waals surface area contributed by atoms with Gasteiger partial charge in [-0.05, 0) is 25.1 Å². The van der Waals surface area contributed by atoms with Crippen molar-refractivity contribution in [2.24, 2.45) is 0 Å². The monoisotopic (exact) mass is 300 g/mol. The number of amides is 2. The van der Waals surface area contributed by atoms with Gasteiger partial charge in [0.05, 0.1) is 16.8 Å². The van der Waals surface area contributed by atoms with Gasteiger partial charge in [0, 0.05) is 5.02 Å². The predicted molar refractivity (Wildman–Crippen MR) is 71.2 cm³/mol. The van der Waals surface area contributed by atoms with Gasteiger partial charge < -0.3 is 10.6 Å². The van der Waals surface area contributed by atoms with Gasteiger partial charge in [-0.3, -0.25) is 0 Å². The molecular formula is C10H10Cl2N6O. The maximum atomic E-state index is 11.8. The zero-order valence-electron chi connectivity index (χ0n) is 9.82. The maximum absolute atomic E-state index is 11.8. The lowest BCUT2D eigenvalue weighted by Crippen LogP contribution is -2.31. The molecule has 0 radical (unpaired) electrons. The van der Waals surface area contributed by atoms with Crippen LogP contribution in [0.15, 0.2) is 18.2 Å². The number of urea groups is 1. The summed E-state index contributed by atoms with van der Waals surface area (Å²) >= 11 is 11.8. The molecule has 0 aliphatic carbocycles. The number of hydrogen-bond donors (Lipinski definition) is 3. The Labute approximate surface area is 118 Å². The summed E-state index contributed by atoms with van der Waals surface area (Å²) in [5.41, 5.74) is 0.423. The smallest absolute Gasteiger partial charge is 0.319 e. The number of aromatic nitrogens is 4. The number of nitrogens with one attached hydrogen (secondary N) is 3. The van der Waals surface area contributed by atoms with Crippen molar-refractivity contribution >= 4 is 34.9 Å². The molecule has 0 saturated heterocycles. The van der Waals surface area contributed by atoms with Crippen LogP contribution in [-0.4, -0.2) is 26.7 Å². The van der Waals surface area contributed by atoms with E-state index in [0.29, 0.717) is 21.6 Å². The second-order valence-corrected chi connectivity index (χ2v) is 4.56. The van der Waals surface area contributed by atoms with Gasteiger partial charge in [-0.2, -0.15) is 5.21 Å². The average molecular weight is 301 g/mol. The number of carbonyl (C=O) groups is 1. The number of tetrazole rings is 1. The number of H-pyrrole nitrogens is 1. The molecule has 0 bridgehead atoms. The fourth-order valence-electron chi connectivity index (χ4n) is 1.37. The van der Waals surface area contributed by atoms with Gasteiger partial charge in [0.2, 0.25) is 0 Å². The third kappa shape index (κ3) is 3.55. The molecule has 2 aromatic rings. The van der Waals surface area contributed by atoms with E-state index in [1.807, 2.05) is 0 Å². The van der Waals surface area contributed by atoms with Crippen LogP contribution in [0.25, 0.3) is 0 Å². The summed E-state index contributed by atoms with van der Waals surface area (Å²) in [6.45, 7) is 1.73. The molecule has 7 nitrogen and oxygen atoms in total. The minimum absolute atomic E-state index is 0.382. The van der Waals surface area contributed by atoms with Crippen LogP contribution in [-0.2, 0) is 0 Å². The van der Waals surface area contributed by atoms with Crippen molar-refractivity contribution in [3.05, 3.63) is 34.1 Å². The first kappa shape index (κ1) is 13.6. The van der Waals surface area contributed by atoms with Crippen LogP contribution in [0.2, 0.25) is 10.0 Å². The van der Waals surface area contributed by atoms with E-state index >= 15 is 0 Å². The zero-order chi connectivity index (χ0) is 13.8. The van der Waals surface area contributed by atoms with Crippen molar-refractivity contribution < 1.29 is 4.79 Å². The number of rotatable bonds is 3. The molecule has 1 atom stereocenters. The molecule has 19 heavy (non-hydrogen) atoms. The quantitative estimate of drug-likeness (QED) is 0.811. The van der Waals surface area contributed by atoms with Gasteiger partial charge >= 0.3 is 6.03 Å². The number of carbonyl (C=O) groups excluding carboxylic acids is 1. The standard InChI is InChI=1S/C10H10Cl2N6O/c1-5(9-15-17-18-16-9)13-10(19)14-8-4-6(11)2-3-7(8)12/h2-5H,1H3,(H2,13,14,19)(H,15,16,17,18). The largest absolute Gasteiger partial charge is 0.328 e. The highest BCUT2D eigenvalue weighted by atomic mass is 35.5. The highest BCUT2D eigenvalue weighted by molar-refractivity contribution is 6.35. The van der Waals surface area contributed by atoms with Crippen LogP contribution in [0.1, 0.15) is 18.8 Å². The van der Waals surface area contributed by atoms with Crippen molar-refractivity contribution in [1.29, 1.82) is 0 Å². The second kappa shape index (κ2) is 5.85. The molecule has 3 N–H and O–H groups in total. The SMILES string of the molecule is CC(NC(=O)Nc1cc(Cl)ccc1Cl)c1nn[nH]n1. The molecular weight excluding hydrogens is 291 g/mol. The van der Waals surface area contributed by atoms with E-state index in [1.54, 1.807) is 25.1 Å². The van der Waals surface area contributed by atoms with Crippen molar-refractivity contribution in [2.45, 2.75) is 13.0 Å². The number of benzene rings is 1. The van der Waals surface area contributed by atoms with E-state index in [2.05, 4.69) is 31.3 Å². The van der Waals surface area contributed by atoms with Crippen molar-refractivity contribution in [3.8, 4) is 0 Å². The van der Waals surface area contributed by atoms with E-state index < -0.39 is 12.1 Å². The topological polar surface area (TPSA) is 95.6 Å². The van der Waals surface area contributed by atoms with Gasteiger partial charge in [-0.15, -0.1) is 10.2 Å². The molecule has 0 aliphatic rings. The van der Waals surface area contributed by atoms with Crippen LogP contribution < -0.4 is 10.6 Å².